The molecule has 0 unspecified atom stereocenters. The minimum Gasteiger partial charge on any atom is -0.481 e. The third-order valence-electron chi connectivity index (χ3n) is 3.03. The van der Waals surface area contributed by atoms with Crippen LogP contribution in [0.4, 0.5) is 0 Å². The molecule has 2 N–H and O–H groups in total. The molecule has 0 saturated carbocycles. The zero-order chi connectivity index (χ0) is 16.4. The molecule has 1 aromatic carbocycles. The summed E-state index contributed by atoms with van der Waals surface area (Å²) in [6.45, 7) is 2.29. The number of aryl methyl sites for hydroxylation is 1. The van der Waals surface area contributed by atoms with Crippen molar-refractivity contribution in [3.05, 3.63) is 29.8 Å². The zero-order valence-electron chi connectivity index (χ0n) is 12.7. The second-order valence-electron chi connectivity index (χ2n) is 5.07. The molecule has 0 atom stereocenters. The average Bonchev–Trinajstić information content (AvgIpc) is 2.45. The quantitative estimate of drug-likeness (QED) is 0.602. The van der Waals surface area contributed by atoms with Gasteiger partial charge in [0, 0.05) is 6.54 Å². The molecule has 7 heteroatoms. The standard InChI is InChI=1S/C15H23NO4S2/c1-13-7-6-8-14(11-13)22(19,20)16-9-4-2-3-5-10-21-12-15(17)18/h6-8,11,16H,2-5,9-10,12H2,1H3,(H,17,18). The molecule has 5 nitrogen and oxygen atoms in total. The predicted molar refractivity (Wildman–Crippen MR) is 89.8 cm³/mol. The van der Waals surface area contributed by atoms with Gasteiger partial charge < -0.3 is 5.11 Å². The Morgan fingerprint density at radius 1 is 1.23 bits per heavy atom. The third-order valence-corrected chi connectivity index (χ3v) is 5.52. The van der Waals surface area contributed by atoms with E-state index in [1.807, 2.05) is 13.0 Å². The van der Waals surface area contributed by atoms with E-state index in [9.17, 15) is 13.2 Å². The second kappa shape index (κ2) is 9.86. The number of carbonyl (C=O) groups is 1. The normalized spacial score (nSPS) is 11.5. The van der Waals surface area contributed by atoms with Gasteiger partial charge in [-0.1, -0.05) is 25.0 Å². The van der Waals surface area contributed by atoms with Gasteiger partial charge in [0.25, 0.3) is 0 Å². The minimum absolute atomic E-state index is 0.149. The molecule has 0 spiro atoms. The number of nitrogens with one attached hydrogen (secondary N) is 1. The van der Waals surface area contributed by atoms with Gasteiger partial charge in [-0.05, 0) is 43.2 Å². The summed E-state index contributed by atoms with van der Waals surface area (Å²) in [5, 5.41) is 8.49. The van der Waals surface area contributed by atoms with Crippen LogP contribution >= 0.6 is 11.8 Å². The van der Waals surface area contributed by atoms with E-state index in [4.69, 9.17) is 5.11 Å². The number of hydrogen-bond donors (Lipinski definition) is 2. The lowest BCUT2D eigenvalue weighted by Gasteiger charge is -2.07. The summed E-state index contributed by atoms with van der Waals surface area (Å²) in [5.41, 5.74) is 0.918. The van der Waals surface area contributed by atoms with E-state index in [1.165, 1.54) is 11.8 Å². The third kappa shape index (κ3) is 7.82. The van der Waals surface area contributed by atoms with Crippen LogP contribution in [0, 0.1) is 6.92 Å². The molecule has 0 bridgehead atoms. The van der Waals surface area contributed by atoms with E-state index < -0.39 is 16.0 Å². The van der Waals surface area contributed by atoms with Gasteiger partial charge in [0.1, 0.15) is 0 Å². The zero-order valence-corrected chi connectivity index (χ0v) is 14.4. The highest BCUT2D eigenvalue weighted by Gasteiger charge is 2.12. The first-order valence-corrected chi connectivity index (χ1v) is 9.91. The predicted octanol–water partition coefficient (Wildman–Crippen LogP) is 2.65. The van der Waals surface area contributed by atoms with E-state index in [0.717, 1.165) is 37.0 Å². The van der Waals surface area contributed by atoms with Crippen molar-refractivity contribution in [3.63, 3.8) is 0 Å². The molecule has 0 radical (unpaired) electrons. The Kier molecular flexibility index (Phi) is 8.52. The first-order valence-electron chi connectivity index (χ1n) is 7.28. The van der Waals surface area contributed by atoms with Crippen molar-refractivity contribution < 1.29 is 18.3 Å². The number of carboxylic acid groups (broad SMARTS) is 1. The summed E-state index contributed by atoms with van der Waals surface area (Å²) in [6.07, 6.45) is 3.67. The van der Waals surface area contributed by atoms with Gasteiger partial charge >= 0.3 is 5.97 Å². The minimum atomic E-state index is -3.41. The molecule has 1 rings (SSSR count). The molecule has 0 fully saturated rings. The van der Waals surface area contributed by atoms with Gasteiger partial charge in [0.15, 0.2) is 0 Å². The number of unbranched alkanes of at least 4 members (excludes halogenated alkanes) is 3. The van der Waals surface area contributed by atoms with Gasteiger partial charge in [-0.15, -0.1) is 0 Å². The maximum atomic E-state index is 12.1. The second-order valence-corrected chi connectivity index (χ2v) is 7.95. The number of hydrogen-bond acceptors (Lipinski definition) is 4. The first-order chi connectivity index (χ1) is 10.4. The molecule has 0 aromatic heterocycles. The lowest BCUT2D eigenvalue weighted by molar-refractivity contribution is -0.133. The van der Waals surface area contributed by atoms with Crippen LogP contribution in [-0.2, 0) is 14.8 Å². The fraction of sp³-hybridized carbons (Fsp3) is 0.533. The Morgan fingerprint density at radius 2 is 1.95 bits per heavy atom. The van der Waals surface area contributed by atoms with Gasteiger partial charge in [-0.3, -0.25) is 4.79 Å². The Bertz CT molecular complexity index is 573. The van der Waals surface area contributed by atoms with Crippen molar-refractivity contribution in [2.45, 2.75) is 37.5 Å². The molecule has 0 heterocycles. The van der Waals surface area contributed by atoms with Crippen molar-refractivity contribution in [1.82, 2.24) is 4.72 Å². The monoisotopic (exact) mass is 345 g/mol. The fourth-order valence-corrected chi connectivity index (χ4v) is 3.82. The van der Waals surface area contributed by atoms with Crippen LogP contribution in [0.15, 0.2) is 29.2 Å². The van der Waals surface area contributed by atoms with E-state index in [-0.39, 0.29) is 5.75 Å². The van der Waals surface area contributed by atoms with Gasteiger partial charge in [0.2, 0.25) is 10.0 Å². The number of sulfonamides is 1. The van der Waals surface area contributed by atoms with Crippen molar-refractivity contribution in [3.8, 4) is 0 Å². The van der Waals surface area contributed by atoms with Crippen LogP contribution in [0.1, 0.15) is 31.2 Å². The molecule has 22 heavy (non-hydrogen) atoms. The highest BCUT2D eigenvalue weighted by atomic mass is 32.2. The summed E-state index contributed by atoms with van der Waals surface area (Å²) in [7, 11) is -3.41. The van der Waals surface area contributed by atoms with Crippen LogP contribution in [-0.4, -0.2) is 37.5 Å². The van der Waals surface area contributed by atoms with Crippen molar-refractivity contribution >= 4 is 27.8 Å². The average molecular weight is 345 g/mol. The van der Waals surface area contributed by atoms with E-state index >= 15 is 0 Å². The fourth-order valence-electron chi connectivity index (χ4n) is 1.91. The molecule has 0 saturated heterocycles. The summed E-state index contributed by atoms with van der Waals surface area (Å²) < 4.78 is 26.7. The highest BCUT2D eigenvalue weighted by molar-refractivity contribution is 7.99. The maximum Gasteiger partial charge on any atom is 0.313 e. The molecule has 0 aliphatic rings. The highest BCUT2D eigenvalue weighted by Crippen LogP contribution is 2.11. The summed E-state index contributed by atoms with van der Waals surface area (Å²) in [6, 6.07) is 6.84. The lowest BCUT2D eigenvalue weighted by atomic mass is 10.2. The van der Waals surface area contributed by atoms with Crippen molar-refractivity contribution in [2.75, 3.05) is 18.1 Å². The SMILES string of the molecule is Cc1cccc(S(=O)(=O)NCCCCCCSCC(=O)O)c1. The Morgan fingerprint density at radius 3 is 2.64 bits per heavy atom. The summed E-state index contributed by atoms with van der Waals surface area (Å²) >= 11 is 1.42. The summed E-state index contributed by atoms with van der Waals surface area (Å²) in [5.74, 6) is 0.202. The number of thioether (sulfide) groups is 1. The molecule has 1 aromatic rings. The van der Waals surface area contributed by atoms with Crippen molar-refractivity contribution in [2.24, 2.45) is 0 Å². The van der Waals surface area contributed by atoms with E-state index in [1.54, 1.807) is 18.2 Å². The Hall–Kier alpha value is -1.05. The Labute approximate surface area is 136 Å². The van der Waals surface area contributed by atoms with Crippen LogP contribution < -0.4 is 4.72 Å². The maximum absolute atomic E-state index is 12.1. The Balaban J connectivity index is 2.15. The van der Waals surface area contributed by atoms with Crippen LogP contribution in [0.2, 0.25) is 0 Å². The van der Waals surface area contributed by atoms with E-state index in [2.05, 4.69) is 4.72 Å². The molecular weight excluding hydrogens is 322 g/mol. The van der Waals surface area contributed by atoms with E-state index in [0.29, 0.717) is 11.4 Å². The molecule has 0 aliphatic heterocycles. The summed E-state index contributed by atoms with van der Waals surface area (Å²) in [4.78, 5) is 10.6. The van der Waals surface area contributed by atoms with Gasteiger partial charge in [0.05, 0.1) is 10.6 Å². The number of benzene rings is 1. The lowest BCUT2D eigenvalue weighted by Crippen LogP contribution is -2.24. The molecule has 0 aliphatic carbocycles. The van der Waals surface area contributed by atoms with Gasteiger partial charge in [-0.25, -0.2) is 13.1 Å². The van der Waals surface area contributed by atoms with Crippen LogP contribution in [0.3, 0.4) is 0 Å². The molecule has 124 valence electrons. The van der Waals surface area contributed by atoms with Crippen LogP contribution in [0.25, 0.3) is 0 Å². The topological polar surface area (TPSA) is 83.5 Å². The van der Waals surface area contributed by atoms with Crippen LogP contribution in [0.5, 0.6) is 0 Å². The molecule has 0 amide bonds. The number of rotatable bonds is 11. The first kappa shape index (κ1) is 19.0. The number of carboxylic acids is 1. The van der Waals surface area contributed by atoms with Crippen molar-refractivity contribution in [1.29, 1.82) is 0 Å². The molecular formula is C15H23NO4S2. The smallest absolute Gasteiger partial charge is 0.313 e. The largest absolute Gasteiger partial charge is 0.481 e. The van der Waals surface area contributed by atoms with Gasteiger partial charge in [-0.2, -0.15) is 11.8 Å². The number of aliphatic carboxylic acids is 1.